The fourth-order valence-corrected chi connectivity index (χ4v) is 4.53. The number of ether oxygens (including phenoxy) is 1. The molecule has 4 N–H and O–H groups in total. The number of nitrogens with two attached hydrogens (primary N) is 1. The molecule has 1 amide bonds. The van der Waals surface area contributed by atoms with Gasteiger partial charge >= 0.3 is 0 Å². The highest BCUT2D eigenvalue weighted by Crippen LogP contribution is 2.34. The summed E-state index contributed by atoms with van der Waals surface area (Å²) in [5.41, 5.74) is 8.91. The van der Waals surface area contributed by atoms with Gasteiger partial charge in [-0.15, -0.1) is 0 Å². The predicted octanol–water partition coefficient (Wildman–Crippen LogP) is 6.41. The molecule has 9 heteroatoms. The predicted molar refractivity (Wildman–Crippen MR) is 166 cm³/mol. The number of amides is 1. The standard InChI is InChI=1S/C30H27ClN4O4.C2H6/c1-18(36)23-11-9-21(31)13-24(23)25-15-29(37)35(17-28(25)39-2)27(12-19-6-4-3-5-7-19)30(38)34-22-10-8-20(16-32)26(33)14-22;1-2/h3-11,13-17,27,32H,12,33H2,1-2H3,(H,34,38);1-2H3. The number of halogens is 1. The second-order valence-corrected chi connectivity index (χ2v) is 9.37. The number of benzene rings is 3. The van der Waals surface area contributed by atoms with Crippen LogP contribution >= 0.6 is 11.6 Å². The molecule has 3 aromatic carbocycles. The van der Waals surface area contributed by atoms with Crippen LogP contribution in [0.25, 0.3) is 11.1 Å². The minimum absolute atomic E-state index is 0.192. The number of nitrogen functional groups attached to an aromatic ring is 1. The second kappa shape index (κ2) is 14.1. The topological polar surface area (TPSA) is 127 Å². The lowest BCUT2D eigenvalue weighted by Crippen LogP contribution is -2.34. The summed E-state index contributed by atoms with van der Waals surface area (Å²) in [7, 11) is 1.45. The maximum absolute atomic E-state index is 13.6. The number of anilines is 2. The zero-order valence-electron chi connectivity index (χ0n) is 23.4. The van der Waals surface area contributed by atoms with Crippen LogP contribution in [0.2, 0.25) is 5.02 Å². The van der Waals surface area contributed by atoms with Gasteiger partial charge in [-0.05, 0) is 54.4 Å². The van der Waals surface area contributed by atoms with Gasteiger partial charge in [0, 0.05) is 51.8 Å². The quantitative estimate of drug-likeness (QED) is 0.121. The highest BCUT2D eigenvalue weighted by molar-refractivity contribution is 6.31. The number of carbonyl (C=O) groups excluding carboxylic acids is 2. The van der Waals surface area contributed by atoms with Crippen LogP contribution in [0.1, 0.15) is 48.3 Å². The Morgan fingerprint density at radius 2 is 1.76 bits per heavy atom. The van der Waals surface area contributed by atoms with Crippen molar-refractivity contribution in [2.45, 2.75) is 33.2 Å². The number of hydrogen-bond acceptors (Lipinski definition) is 6. The molecule has 0 bridgehead atoms. The Hall–Kier alpha value is -4.69. The van der Waals surface area contributed by atoms with E-state index < -0.39 is 17.5 Å². The van der Waals surface area contributed by atoms with E-state index in [1.54, 1.807) is 36.4 Å². The number of hydrogen-bond donors (Lipinski definition) is 3. The monoisotopic (exact) mass is 572 g/mol. The number of nitrogens with one attached hydrogen (secondary N) is 2. The first-order valence-electron chi connectivity index (χ1n) is 13.1. The molecule has 8 nitrogen and oxygen atoms in total. The van der Waals surface area contributed by atoms with Crippen molar-refractivity contribution in [2.75, 3.05) is 18.2 Å². The number of rotatable bonds is 9. The van der Waals surface area contributed by atoms with Crippen molar-refractivity contribution in [3.05, 3.63) is 111 Å². The lowest BCUT2D eigenvalue weighted by Gasteiger charge is -2.22. The van der Waals surface area contributed by atoms with Crippen LogP contribution in [0.4, 0.5) is 11.4 Å². The van der Waals surface area contributed by atoms with Gasteiger partial charge in [-0.1, -0.05) is 55.8 Å². The van der Waals surface area contributed by atoms with Crippen LogP contribution in [0, 0.1) is 5.41 Å². The van der Waals surface area contributed by atoms with Crippen LogP contribution in [0.5, 0.6) is 5.75 Å². The molecule has 0 aliphatic carbocycles. The van der Waals surface area contributed by atoms with Gasteiger partial charge in [-0.25, -0.2) is 0 Å². The molecule has 41 heavy (non-hydrogen) atoms. The Balaban J connectivity index is 0.00000226. The summed E-state index contributed by atoms with van der Waals surface area (Å²) >= 11 is 6.22. The average Bonchev–Trinajstić information content (AvgIpc) is 2.97. The Kier molecular flexibility index (Phi) is 10.6. The van der Waals surface area contributed by atoms with Crippen molar-refractivity contribution in [1.82, 2.24) is 4.57 Å². The number of Topliss-reactive ketones (excluding diaryl/α,β-unsaturated/α-hetero) is 1. The summed E-state index contributed by atoms with van der Waals surface area (Å²) in [5.74, 6) is -0.336. The van der Waals surface area contributed by atoms with E-state index in [0.717, 1.165) is 11.8 Å². The molecule has 0 radical (unpaired) electrons. The molecule has 1 atom stereocenters. The minimum Gasteiger partial charge on any atom is -0.495 e. The SMILES string of the molecule is CC.COc1cn(C(Cc2ccccc2)C(=O)Nc2ccc(C=N)c(N)c2)c(=O)cc1-c1cc(Cl)ccc1C(C)=O. The van der Waals surface area contributed by atoms with Gasteiger partial charge in [-0.2, -0.15) is 0 Å². The molecule has 4 rings (SSSR count). The Bertz CT molecular complexity index is 1620. The lowest BCUT2D eigenvalue weighted by molar-refractivity contribution is -0.119. The minimum atomic E-state index is -0.946. The summed E-state index contributed by atoms with van der Waals surface area (Å²) in [6.45, 7) is 5.43. The van der Waals surface area contributed by atoms with Crippen LogP contribution in [0.3, 0.4) is 0 Å². The van der Waals surface area contributed by atoms with Crippen molar-refractivity contribution >= 4 is 40.9 Å². The Morgan fingerprint density at radius 1 is 1.05 bits per heavy atom. The summed E-state index contributed by atoms with van der Waals surface area (Å²) in [6, 6.07) is 19.4. The first-order valence-corrected chi connectivity index (χ1v) is 13.5. The fourth-order valence-electron chi connectivity index (χ4n) is 4.36. The maximum atomic E-state index is 13.6. The van der Waals surface area contributed by atoms with Crippen LogP contribution in [0.15, 0.2) is 83.8 Å². The van der Waals surface area contributed by atoms with E-state index >= 15 is 0 Å². The van der Waals surface area contributed by atoms with Crippen molar-refractivity contribution in [2.24, 2.45) is 0 Å². The first kappa shape index (κ1) is 30.8. The summed E-state index contributed by atoms with van der Waals surface area (Å²) in [4.78, 5) is 39.5. The molecule has 4 aromatic rings. The molecule has 0 saturated heterocycles. The van der Waals surface area contributed by atoms with Gasteiger partial charge in [0.15, 0.2) is 5.78 Å². The molecule has 212 valence electrons. The van der Waals surface area contributed by atoms with Gasteiger partial charge in [0.2, 0.25) is 5.91 Å². The fraction of sp³-hybridized carbons (Fsp3) is 0.188. The zero-order chi connectivity index (χ0) is 30.1. The molecule has 1 aromatic heterocycles. The van der Waals surface area contributed by atoms with E-state index in [2.05, 4.69) is 5.32 Å². The molecule has 1 heterocycles. The third-order valence-electron chi connectivity index (χ3n) is 6.34. The smallest absolute Gasteiger partial charge is 0.252 e. The van der Waals surface area contributed by atoms with E-state index in [4.69, 9.17) is 27.5 Å². The Labute approximate surface area is 244 Å². The molecular weight excluding hydrogens is 540 g/mol. The second-order valence-electron chi connectivity index (χ2n) is 8.93. The van der Waals surface area contributed by atoms with Crippen LogP contribution in [-0.4, -0.2) is 29.6 Å². The summed E-state index contributed by atoms with van der Waals surface area (Å²) < 4.78 is 6.94. The van der Waals surface area contributed by atoms with Crippen molar-refractivity contribution in [1.29, 1.82) is 5.41 Å². The van der Waals surface area contributed by atoms with Gasteiger partial charge in [0.25, 0.3) is 5.56 Å². The zero-order valence-corrected chi connectivity index (χ0v) is 24.2. The van der Waals surface area contributed by atoms with Gasteiger partial charge in [0.05, 0.1) is 13.3 Å². The van der Waals surface area contributed by atoms with E-state index in [-0.39, 0.29) is 12.2 Å². The number of pyridine rings is 1. The first-order chi connectivity index (χ1) is 19.7. The third-order valence-corrected chi connectivity index (χ3v) is 6.57. The van der Waals surface area contributed by atoms with Gasteiger partial charge < -0.3 is 21.2 Å². The number of methoxy groups -OCH3 is 1. The van der Waals surface area contributed by atoms with Crippen molar-refractivity contribution in [3.8, 4) is 16.9 Å². The summed E-state index contributed by atoms with van der Waals surface area (Å²) in [6.07, 6.45) is 2.82. The van der Waals surface area contributed by atoms with Crippen LogP contribution < -0.4 is 21.3 Å². The van der Waals surface area contributed by atoms with Crippen LogP contribution in [-0.2, 0) is 11.2 Å². The molecule has 0 spiro atoms. The molecule has 0 saturated carbocycles. The van der Waals surface area contributed by atoms with E-state index in [0.29, 0.717) is 44.4 Å². The van der Waals surface area contributed by atoms with E-state index in [9.17, 15) is 14.4 Å². The number of ketones is 1. The van der Waals surface area contributed by atoms with Crippen molar-refractivity contribution in [3.63, 3.8) is 0 Å². The number of carbonyl (C=O) groups is 2. The highest BCUT2D eigenvalue weighted by Gasteiger charge is 2.25. The van der Waals surface area contributed by atoms with Gasteiger partial charge in [0.1, 0.15) is 11.8 Å². The Morgan fingerprint density at radius 3 is 2.37 bits per heavy atom. The molecule has 0 fully saturated rings. The number of nitrogens with zero attached hydrogens (tertiary/aromatic N) is 1. The molecule has 1 unspecified atom stereocenters. The molecular formula is C32H33ClN4O4. The third kappa shape index (κ3) is 7.29. The van der Waals surface area contributed by atoms with E-state index in [1.807, 2.05) is 44.2 Å². The highest BCUT2D eigenvalue weighted by atomic mass is 35.5. The average molecular weight is 573 g/mol. The molecule has 0 aliphatic rings. The van der Waals surface area contributed by atoms with Gasteiger partial charge in [-0.3, -0.25) is 19.0 Å². The summed E-state index contributed by atoms with van der Waals surface area (Å²) in [5, 5.41) is 10.7. The van der Waals surface area contributed by atoms with E-state index in [1.165, 1.54) is 30.9 Å². The number of aromatic nitrogens is 1. The lowest BCUT2D eigenvalue weighted by atomic mass is 9.97. The normalized spacial score (nSPS) is 11.0. The maximum Gasteiger partial charge on any atom is 0.252 e. The largest absolute Gasteiger partial charge is 0.495 e. The molecule has 0 aliphatic heterocycles. The van der Waals surface area contributed by atoms with Crippen molar-refractivity contribution < 1.29 is 14.3 Å².